The summed E-state index contributed by atoms with van der Waals surface area (Å²) in [6.07, 6.45) is 3.05. The predicted molar refractivity (Wildman–Crippen MR) is 105 cm³/mol. The van der Waals surface area contributed by atoms with Gasteiger partial charge in [0, 0.05) is 44.6 Å². The Balaban J connectivity index is 1.79. The molecular formula is C17H19Cl2N3O4S. The monoisotopic (exact) mass is 431 g/mol. The minimum Gasteiger partial charge on any atom is -0.493 e. The first kappa shape index (κ1) is 20.0. The summed E-state index contributed by atoms with van der Waals surface area (Å²) in [6.45, 7) is 1.56. The van der Waals surface area contributed by atoms with Crippen molar-refractivity contribution >= 4 is 38.9 Å². The molecule has 0 atom stereocenters. The standard InChI is InChI=1S/C17H19Cl2N3O4S/c1-25-15-4-3-12(9-16(15)26-2)27(23,24)22-7-5-21(6-8-22)17-13(18)10-20-11-14(17)19/h3-4,9-11H,5-8H2,1-2H3. The van der Waals surface area contributed by atoms with Crippen LogP contribution in [0, 0.1) is 0 Å². The van der Waals surface area contributed by atoms with Crippen LogP contribution in [0.15, 0.2) is 35.5 Å². The SMILES string of the molecule is COc1ccc(S(=O)(=O)N2CCN(c3c(Cl)cncc3Cl)CC2)cc1OC. The van der Waals surface area contributed by atoms with Crippen molar-refractivity contribution in [1.29, 1.82) is 0 Å². The van der Waals surface area contributed by atoms with E-state index in [0.717, 1.165) is 0 Å². The van der Waals surface area contributed by atoms with Gasteiger partial charge in [0.2, 0.25) is 10.0 Å². The van der Waals surface area contributed by atoms with Gasteiger partial charge in [-0.25, -0.2) is 8.42 Å². The summed E-state index contributed by atoms with van der Waals surface area (Å²) in [6, 6.07) is 4.56. The van der Waals surface area contributed by atoms with Crippen molar-refractivity contribution in [2.24, 2.45) is 0 Å². The van der Waals surface area contributed by atoms with Crippen LogP contribution in [0.3, 0.4) is 0 Å². The van der Waals surface area contributed by atoms with Gasteiger partial charge in [-0.15, -0.1) is 0 Å². The number of hydrogen-bond donors (Lipinski definition) is 0. The number of halogens is 2. The van der Waals surface area contributed by atoms with Crippen molar-refractivity contribution in [2.45, 2.75) is 4.90 Å². The van der Waals surface area contributed by atoms with E-state index in [-0.39, 0.29) is 4.90 Å². The van der Waals surface area contributed by atoms with Crippen molar-refractivity contribution in [1.82, 2.24) is 9.29 Å². The molecule has 7 nitrogen and oxygen atoms in total. The number of rotatable bonds is 5. The number of sulfonamides is 1. The summed E-state index contributed by atoms with van der Waals surface area (Å²) in [4.78, 5) is 6.07. The number of ether oxygens (including phenoxy) is 2. The molecule has 1 aliphatic rings. The minimum atomic E-state index is -3.65. The third kappa shape index (κ3) is 3.94. The summed E-state index contributed by atoms with van der Waals surface area (Å²) in [5.74, 6) is 0.843. The molecule has 1 aromatic heterocycles. The first-order valence-corrected chi connectivity index (χ1v) is 10.3. The van der Waals surface area contributed by atoms with Crippen molar-refractivity contribution < 1.29 is 17.9 Å². The number of nitrogens with zero attached hydrogens (tertiary/aromatic N) is 3. The summed E-state index contributed by atoms with van der Waals surface area (Å²) in [5, 5.41) is 0.886. The second kappa shape index (κ2) is 8.10. The maximum absolute atomic E-state index is 13.0. The molecule has 0 N–H and O–H groups in total. The number of hydrogen-bond acceptors (Lipinski definition) is 6. The summed E-state index contributed by atoms with van der Waals surface area (Å²) in [5.41, 5.74) is 0.677. The van der Waals surface area contributed by atoms with Crippen molar-refractivity contribution in [3.63, 3.8) is 0 Å². The van der Waals surface area contributed by atoms with Crippen LogP contribution in [-0.4, -0.2) is 58.1 Å². The molecule has 0 amide bonds. The van der Waals surface area contributed by atoms with Gasteiger partial charge in [0.1, 0.15) is 0 Å². The average Bonchev–Trinajstić information content (AvgIpc) is 2.67. The lowest BCUT2D eigenvalue weighted by Crippen LogP contribution is -2.48. The van der Waals surface area contributed by atoms with Gasteiger partial charge in [0.05, 0.1) is 34.8 Å². The fraction of sp³-hybridized carbons (Fsp3) is 0.353. The number of piperazine rings is 1. The number of methoxy groups -OCH3 is 2. The Labute approximate surface area is 168 Å². The summed E-state index contributed by atoms with van der Waals surface area (Å²) >= 11 is 12.4. The molecule has 2 aromatic rings. The highest BCUT2D eigenvalue weighted by molar-refractivity contribution is 7.89. The Morgan fingerprint density at radius 3 is 2.11 bits per heavy atom. The van der Waals surface area contributed by atoms with E-state index in [2.05, 4.69) is 4.98 Å². The molecule has 1 saturated heterocycles. The van der Waals surface area contributed by atoms with Crippen LogP contribution in [-0.2, 0) is 10.0 Å². The van der Waals surface area contributed by atoms with Gasteiger partial charge < -0.3 is 14.4 Å². The lowest BCUT2D eigenvalue weighted by Gasteiger charge is -2.36. The van der Waals surface area contributed by atoms with Gasteiger partial charge in [-0.05, 0) is 12.1 Å². The van der Waals surface area contributed by atoms with Crippen molar-refractivity contribution in [3.05, 3.63) is 40.6 Å². The molecule has 3 rings (SSSR count). The van der Waals surface area contributed by atoms with E-state index < -0.39 is 10.0 Å². The minimum absolute atomic E-state index is 0.161. The molecule has 1 aliphatic heterocycles. The zero-order valence-electron chi connectivity index (χ0n) is 14.9. The van der Waals surface area contributed by atoms with E-state index in [1.807, 2.05) is 4.90 Å². The molecule has 27 heavy (non-hydrogen) atoms. The molecule has 0 saturated carbocycles. The fourth-order valence-electron chi connectivity index (χ4n) is 2.98. The lowest BCUT2D eigenvalue weighted by atomic mass is 10.3. The van der Waals surface area contributed by atoms with Crippen molar-refractivity contribution in [3.8, 4) is 11.5 Å². The maximum Gasteiger partial charge on any atom is 0.243 e. The van der Waals surface area contributed by atoms with Gasteiger partial charge in [-0.3, -0.25) is 4.98 Å². The first-order valence-electron chi connectivity index (χ1n) is 8.14. The predicted octanol–water partition coefficient (Wildman–Crippen LogP) is 2.92. The molecule has 2 heterocycles. The van der Waals surface area contributed by atoms with E-state index >= 15 is 0 Å². The zero-order chi connectivity index (χ0) is 19.6. The highest BCUT2D eigenvalue weighted by Crippen LogP contribution is 2.34. The van der Waals surface area contributed by atoms with E-state index in [0.29, 0.717) is 53.4 Å². The van der Waals surface area contributed by atoms with Crippen LogP contribution < -0.4 is 14.4 Å². The van der Waals surface area contributed by atoms with E-state index in [1.54, 1.807) is 6.07 Å². The smallest absolute Gasteiger partial charge is 0.243 e. The second-order valence-corrected chi connectivity index (χ2v) is 8.61. The summed E-state index contributed by atoms with van der Waals surface area (Å²) < 4.78 is 37.8. The number of aromatic nitrogens is 1. The Morgan fingerprint density at radius 2 is 1.56 bits per heavy atom. The van der Waals surface area contributed by atoms with E-state index in [9.17, 15) is 8.42 Å². The first-order chi connectivity index (χ1) is 12.9. The average molecular weight is 432 g/mol. The lowest BCUT2D eigenvalue weighted by molar-refractivity contribution is 0.353. The number of anilines is 1. The van der Waals surface area contributed by atoms with Crippen LogP contribution in [0.2, 0.25) is 10.0 Å². The van der Waals surface area contributed by atoms with Gasteiger partial charge in [0.15, 0.2) is 11.5 Å². The molecule has 0 unspecified atom stereocenters. The van der Waals surface area contributed by atoms with Gasteiger partial charge in [0.25, 0.3) is 0 Å². The molecule has 0 bridgehead atoms. The van der Waals surface area contributed by atoms with E-state index in [4.69, 9.17) is 32.7 Å². The normalized spacial score (nSPS) is 15.6. The number of benzene rings is 1. The van der Waals surface area contributed by atoms with Crippen LogP contribution in [0.1, 0.15) is 0 Å². The topological polar surface area (TPSA) is 72.0 Å². The van der Waals surface area contributed by atoms with E-state index in [1.165, 1.54) is 43.1 Å². The summed E-state index contributed by atoms with van der Waals surface area (Å²) in [7, 11) is -0.685. The van der Waals surface area contributed by atoms with Crippen LogP contribution in [0.25, 0.3) is 0 Å². The van der Waals surface area contributed by atoms with Crippen LogP contribution >= 0.6 is 23.2 Å². The molecule has 0 spiro atoms. The zero-order valence-corrected chi connectivity index (χ0v) is 17.2. The molecule has 146 valence electrons. The Kier molecular flexibility index (Phi) is 6.00. The van der Waals surface area contributed by atoms with Gasteiger partial charge in [-0.1, -0.05) is 23.2 Å². The van der Waals surface area contributed by atoms with Gasteiger partial charge in [-0.2, -0.15) is 4.31 Å². The highest BCUT2D eigenvalue weighted by Gasteiger charge is 2.30. The molecule has 1 fully saturated rings. The Bertz CT molecular complexity index is 912. The third-order valence-electron chi connectivity index (χ3n) is 4.38. The maximum atomic E-state index is 13.0. The highest BCUT2D eigenvalue weighted by atomic mass is 35.5. The third-order valence-corrected chi connectivity index (χ3v) is 6.82. The Hall–Kier alpha value is -1.74. The van der Waals surface area contributed by atoms with Crippen LogP contribution in [0.5, 0.6) is 11.5 Å². The largest absolute Gasteiger partial charge is 0.493 e. The second-order valence-electron chi connectivity index (χ2n) is 5.86. The molecule has 10 heteroatoms. The number of pyridine rings is 1. The fourth-order valence-corrected chi connectivity index (χ4v) is 5.03. The quantitative estimate of drug-likeness (QED) is 0.724. The van der Waals surface area contributed by atoms with Crippen LogP contribution in [0.4, 0.5) is 5.69 Å². The molecular weight excluding hydrogens is 413 g/mol. The molecule has 1 aromatic carbocycles. The van der Waals surface area contributed by atoms with Gasteiger partial charge >= 0.3 is 0 Å². The Morgan fingerprint density at radius 1 is 0.963 bits per heavy atom. The molecule has 0 radical (unpaired) electrons. The van der Waals surface area contributed by atoms with Crippen molar-refractivity contribution in [2.75, 3.05) is 45.3 Å². The molecule has 0 aliphatic carbocycles.